The minimum atomic E-state index is -0.244. The molecule has 0 radical (unpaired) electrons. The van der Waals surface area contributed by atoms with Gasteiger partial charge in [0.1, 0.15) is 10.7 Å². The third kappa shape index (κ3) is 3.37. The molecule has 22 heavy (non-hydrogen) atoms. The molecular formula is C15H14N4O2S. The lowest BCUT2D eigenvalue weighted by molar-refractivity contribution is -0.121. The molecule has 6 nitrogen and oxygen atoms in total. The lowest BCUT2D eigenvalue weighted by Crippen LogP contribution is -2.24. The number of nitrogens with zero attached hydrogens (tertiary/aromatic N) is 2. The summed E-state index contributed by atoms with van der Waals surface area (Å²) in [5, 5.41) is 5.50. The van der Waals surface area contributed by atoms with Crippen molar-refractivity contribution in [3.05, 3.63) is 56.9 Å². The summed E-state index contributed by atoms with van der Waals surface area (Å²) in [5.41, 5.74) is 1.55. The maximum Gasteiger partial charge on any atom is 0.270 e. The second-order valence-corrected chi connectivity index (χ2v) is 5.71. The van der Waals surface area contributed by atoms with E-state index in [1.54, 1.807) is 12.3 Å². The fourth-order valence-corrected chi connectivity index (χ4v) is 2.63. The van der Waals surface area contributed by atoms with Gasteiger partial charge in [0, 0.05) is 24.4 Å². The molecule has 1 aromatic carbocycles. The molecule has 0 aliphatic heterocycles. The largest absolute Gasteiger partial charge is 0.350 e. The zero-order valence-electron chi connectivity index (χ0n) is 11.7. The number of rotatable bonds is 5. The monoisotopic (exact) mass is 314 g/mol. The molecule has 0 bridgehead atoms. The maximum absolute atomic E-state index is 11.9. The average molecular weight is 314 g/mol. The van der Waals surface area contributed by atoms with Crippen molar-refractivity contribution in [1.82, 2.24) is 20.3 Å². The predicted octanol–water partition coefficient (Wildman–Crippen LogP) is 1.63. The van der Waals surface area contributed by atoms with Crippen LogP contribution in [0.1, 0.15) is 17.1 Å². The summed E-state index contributed by atoms with van der Waals surface area (Å²) < 4.78 is 0. The van der Waals surface area contributed by atoms with Gasteiger partial charge in [-0.25, -0.2) is 9.97 Å². The third-order valence-electron chi connectivity index (χ3n) is 3.18. The second-order valence-electron chi connectivity index (χ2n) is 4.73. The lowest BCUT2D eigenvalue weighted by Gasteiger charge is -2.04. The van der Waals surface area contributed by atoms with Gasteiger partial charge >= 0.3 is 0 Å². The van der Waals surface area contributed by atoms with Gasteiger partial charge in [-0.15, -0.1) is 11.3 Å². The van der Waals surface area contributed by atoms with Gasteiger partial charge in [0.25, 0.3) is 5.56 Å². The van der Waals surface area contributed by atoms with E-state index in [9.17, 15) is 9.59 Å². The highest BCUT2D eigenvalue weighted by Gasteiger charge is 2.08. The van der Waals surface area contributed by atoms with E-state index >= 15 is 0 Å². The summed E-state index contributed by atoms with van der Waals surface area (Å²) in [4.78, 5) is 34.9. The molecule has 2 heterocycles. The summed E-state index contributed by atoms with van der Waals surface area (Å²) in [7, 11) is 0. The number of carbonyl (C=O) groups is 1. The highest BCUT2D eigenvalue weighted by Crippen LogP contribution is 2.07. The molecule has 3 aromatic rings. The normalized spacial score (nSPS) is 10.7. The van der Waals surface area contributed by atoms with Crippen molar-refractivity contribution in [1.29, 1.82) is 0 Å². The van der Waals surface area contributed by atoms with Gasteiger partial charge in [0.05, 0.1) is 17.6 Å². The van der Waals surface area contributed by atoms with Gasteiger partial charge in [0.2, 0.25) is 5.91 Å². The van der Waals surface area contributed by atoms with Gasteiger partial charge in [-0.3, -0.25) is 9.59 Å². The average Bonchev–Trinajstić information content (AvgIpc) is 3.04. The SMILES string of the molecule is O=C(CCc1nc2ccccc2[nH]c1=O)NCc1nccs1. The topological polar surface area (TPSA) is 87.7 Å². The van der Waals surface area contributed by atoms with E-state index in [-0.39, 0.29) is 17.9 Å². The number of aromatic nitrogens is 3. The first-order valence-electron chi connectivity index (χ1n) is 6.85. The maximum atomic E-state index is 11.9. The van der Waals surface area contributed by atoms with Crippen LogP contribution >= 0.6 is 11.3 Å². The minimum Gasteiger partial charge on any atom is -0.350 e. The quantitative estimate of drug-likeness (QED) is 0.749. The fraction of sp³-hybridized carbons (Fsp3) is 0.200. The number of benzene rings is 1. The molecule has 0 fully saturated rings. The van der Waals surface area contributed by atoms with Crippen molar-refractivity contribution < 1.29 is 4.79 Å². The number of hydrogen-bond acceptors (Lipinski definition) is 5. The highest BCUT2D eigenvalue weighted by atomic mass is 32.1. The highest BCUT2D eigenvalue weighted by molar-refractivity contribution is 7.09. The lowest BCUT2D eigenvalue weighted by atomic mass is 10.2. The van der Waals surface area contributed by atoms with Crippen LogP contribution in [0.2, 0.25) is 0 Å². The molecule has 112 valence electrons. The van der Waals surface area contributed by atoms with Gasteiger partial charge in [-0.1, -0.05) is 12.1 Å². The first-order valence-corrected chi connectivity index (χ1v) is 7.73. The number of thiazole rings is 1. The smallest absolute Gasteiger partial charge is 0.270 e. The minimum absolute atomic E-state index is 0.121. The van der Waals surface area contributed by atoms with Crippen molar-refractivity contribution in [2.45, 2.75) is 19.4 Å². The van der Waals surface area contributed by atoms with Crippen LogP contribution in [-0.4, -0.2) is 20.9 Å². The third-order valence-corrected chi connectivity index (χ3v) is 3.96. The van der Waals surface area contributed by atoms with E-state index in [1.807, 2.05) is 23.6 Å². The first kappa shape index (κ1) is 14.4. The Bertz CT molecular complexity index is 842. The Hall–Kier alpha value is -2.54. The second kappa shape index (κ2) is 6.48. The molecule has 7 heteroatoms. The van der Waals surface area contributed by atoms with Crippen LogP contribution in [-0.2, 0) is 17.8 Å². The van der Waals surface area contributed by atoms with E-state index in [4.69, 9.17) is 0 Å². The zero-order valence-corrected chi connectivity index (χ0v) is 12.5. The summed E-state index contributed by atoms with van der Waals surface area (Å²) in [6.45, 7) is 0.415. The molecule has 0 atom stereocenters. The van der Waals surface area contributed by atoms with Gasteiger partial charge in [0.15, 0.2) is 0 Å². The molecule has 1 amide bonds. The van der Waals surface area contributed by atoms with Gasteiger partial charge < -0.3 is 10.3 Å². The molecule has 0 aliphatic rings. The molecular weight excluding hydrogens is 300 g/mol. The first-order chi connectivity index (χ1) is 10.7. The predicted molar refractivity (Wildman–Crippen MR) is 84.6 cm³/mol. The number of hydrogen-bond donors (Lipinski definition) is 2. The van der Waals surface area contributed by atoms with E-state index < -0.39 is 0 Å². The Balaban J connectivity index is 1.62. The Morgan fingerprint density at radius 1 is 1.32 bits per heavy atom. The molecule has 2 aromatic heterocycles. The van der Waals surface area contributed by atoms with Crippen molar-refractivity contribution in [3.63, 3.8) is 0 Å². The van der Waals surface area contributed by atoms with Crippen molar-refractivity contribution in [2.75, 3.05) is 0 Å². The Morgan fingerprint density at radius 3 is 3.00 bits per heavy atom. The van der Waals surface area contributed by atoms with E-state index in [0.717, 1.165) is 10.5 Å². The molecule has 0 spiro atoms. The van der Waals surface area contributed by atoms with Crippen LogP contribution in [0.25, 0.3) is 11.0 Å². The number of aryl methyl sites for hydroxylation is 1. The van der Waals surface area contributed by atoms with Crippen molar-refractivity contribution in [2.24, 2.45) is 0 Å². The summed E-state index contributed by atoms with van der Waals surface area (Å²) in [6.07, 6.45) is 2.23. The standard InChI is InChI=1S/C15H14N4O2S/c20-13(17-9-14-16-7-8-22-14)6-5-12-15(21)19-11-4-2-1-3-10(11)18-12/h1-4,7-8H,5-6,9H2,(H,17,20)(H,19,21). The molecule has 3 rings (SSSR count). The number of para-hydroxylation sites is 2. The summed E-state index contributed by atoms with van der Waals surface area (Å²) in [5.74, 6) is -0.121. The van der Waals surface area contributed by atoms with Crippen LogP contribution in [0, 0.1) is 0 Å². The molecule has 0 aliphatic carbocycles. The number of fused-ring (bicyclic) bond motifs is 1. The van der Waals surface area contributed by atoms with E-state index in [0.29, 0.717) is 24.2 Å². The Kier molecular flexibility index (Phi) is 4.24. The number of nitrogens with one attached hydrogen (secondary N) is 2. The van der Waals surface area contributed by atoms with Gasteiger partial charge in [-0.2, -0.15) is 0 Å². The van der Waals surface area contributed by atoms with Crippen LogP contribution in [0.3, 0.4) is 0 Å². The van der Waals surface area contributed by atoms with Crippen LogP contribution < -0.4 is 10.9 Å². The van der Waals surface area contributed by atoms with Crippen molar-refractivity contribution >= 4 is 28.3 Å². The van der Waals surface area contributed by atoms with Crippen molar-refractivity contribution in [3.8, 4) is 0 Å². The molecule has 0 saturated carbocycles. The molecule has 2 N–H and O–H groups in total. The summed E-state index contributed by atoms with van der Waals surface area (Å²) >= 11 is 1.49. The van der Waals surface area contributed by atoms with Crippen LogP contribution in [0.15, 0.2) is 40.6 Å². The Labute approximate surface area is 130 Å². The molecule has 0 saturated heterocycles. The zero-order chi connectivity index (χ0) is 15.4. The van der Waals surface area contributed by atoms with E-state index in [2.05, 4.69) is 20.3 Å². The Morgan fingerprint density at radius 2 is 2.18 bits per heavy atom. The number of aromatic amines is 1. The number of amides is 1. The van der Waals surface area contributed by atoms with Crippen LogP contribution in [0.4, 0.5) is 0 Å². The van der Waals surface area contributed by atoms with Crippen LogP contribution in [0.5, 0.6) is 0 Å². The number of H-pyrrole nitrogens is 1. The summed E-state index contributed by atoms with van der Waals surface area (Å²) in [6, 6.07) is 7.33. The number of carbonyl (C=O) groups excluding carboxylic acids is 1. The van der Waals surface area contributed by atoms with E-state index in [1.165, 1.54) is 11.3 Å². The molecule has 0 unspecified atom stereocenters. The fourth-order valence-electron chi connectivity index (χ4n) is 2.07. The van der Waals surface area contributed by atoms with Gasteiger partial charge in [-0.05, 0) is 12.1 Å².